The summed E-state index contributed by atoms with van der Waals surface area (Å²) in [6, 6.07) is 4.74. The molecular weight excluding hydrogens is 264 g/mol. The standard InChI is InChI=1S/C12H14N4O4/c1-20-12-3-2-9(6-11(12)16(18)19)7-15-8-10(4-5-17)13-14-15/h2-3,6,8,17H,4-5,7H2,1H3. The number of rotatable bonds is 6. The Kier molecular flexibility index (Phi) is 4.26. The Bertz CT molecular complexity index is 611. The van der Waals surface area contributed by atoms with Crippen LogP contribution in [-0.4, -0.2) is 38.7 Å². The number of nitrogens with zero attached hydrogens (tertiary/aromatic N) is 4. The van der Waals surface area contributed by atoms with Gasteiger partial charge < -0.3 is 9.84 Å². The third-order valence-corrected chi connectivity index (χ3v) is 2.74. The van der Waals surface area contributed by atoms with Crippen LogP contribution in [0.25, 0.3) is 0 Å². The number of nitro benzene ring substituents is 1. The van der Waals surface area contributed by atoms with Crippen molar-refractivity contribution in [2.75, 3.05) is 13.7 Å². The third-order valence-electron chi connectivity index (χ3n) is 2.74. The normalized spacial score (nSPS) is 10.5. The Morgan fingerprint density at radius 1 is 1.50 bits per heavy atom. The highest BCUT2D eigenvalue weighted by Gasteiger charge is 2.15. The van der Waals surface area contributed by atoms with E-state index in [0.29, 0.717) is 18.7 Å². The third kappa shape index (κ3) is 3.09. The van der Waals surface area contributed by atoms with Gasteiger partial charge in [-0.1, -0.05) is 11.3 Å². The van der Waals surface area contributed by atoms with Gasteiger partial charge in [0.15, 0.2) is 5.75 Å². The minimum atomic E-state index is -0.485. The maximum atomic E-state index is 10.9. The average molecular weight is 278 g/mol. The van der Waals surface area contributed by atoms with E-state index in [1.54, 1.807) is 23.0 Å². The lowest BCUT2D eigenvalue weighted by Gasteiger charge is -2.04. The van der Waals surface area contributed by atoms with Gasteiger partial charge in [-0.3, -0.25) is 10.1 Å². The van der Waals surface area contributed by atoms with Gasteiger partial charge in [0.2, 0.25) is 0 Å². The minimum absolute atomic E-state index is 0.00665. The fourth-order valence-electron chi connectivity index (χ4n) is 1.81. The van der Waals surface area contributed by atoms with Crippen molar-refractivity contribution in [3.63, 3.8) is 0 Å². The van der Waals surface area contributed by atoms with E-state index in [-0.39, 0.29) is 18.0 Å². The number of methoxy groups -OCH3 is 1. The Morgan fingerprint density at radius 3 is 2.95 bits per heavy atom. The van der Waals surface area contributed by atoms with Crippen molar-refractivity contribution in [2.45, 2.75) is 13.0 Å². The summed E-state index contributed by atoms with van der Waals surface area (Å²) in [6.07, 6.45) is 2.13. The summed E-state index contributed by atoms with van der Waals surface area (Å²) < 4.78 is 6.51. The number of ether oxygens (including phenoxy) is 1. The van der Waals surface area contributed by atoms with Crippen molar-refractivity contribution in [1.82, 2.24) is 15.0 Å². The maximum Gasteiger partial charge on any atom is 0.311 e. The van der Waals surface area contributed by atoms with Gasteiger partial charge in [-0.15, -0.1) is 5.10 Å². The number of hydrogen-bond donors (Lipinski definition) is 1. The quantitative estimate of drug-likeness (QED) is 0.618. The van der Waals surface area contributed by atoms with Gasteiger partial charge in [0.1, 0.15) is 0 Å². The maximum absolute atomic E-state index is 10.9. The molecule has 0 aliphatic carbocycles. The lowest BCUT2D eigenvalue weighted by Crippen LogP contribution is -2.02. The van der Waals surface area contributed by atoms with Crippen LogP contribution in [0.2, 0.25) is 0 Å². The first-order valence-electron chi connectivity index (χ1n) is 5.95. The Hall–Kier alpha value is -2.48. The molecule has 0 unspecified atom stereocenters. The monoisotopic (exact) mass is 278 g/mol. The van der Waals surface area contributed by atoms with Crippen LogP contribution in [0.5, 0.6) is 5.75 Å². The van der Waals surface area contributed by atoms with Gasteiger partial charge in [-0.2, -0.15) is 0 Å². The average Bonchev–Trinajstić information content (AvgIpc) is 2.86. The zero-order valence-electron chi connectivity index (χ0n) is 10.9. The van der Waals surface area contributed by atoms with Gasteiger partial charge in [0.05, 0.1) is 24.3 Å². The molecule has 2 aromatic rings. The van der Waals surface area contributed by atoms with Crippen molar-refractivity contribution < 1.29 is 14.8 Å². The van der Waals surface area contributed by atoms with Crippen molar-refractivity contribution in [2.24, 2.45) is 0 Å². The molecule has 8 nitrogen and oxygen atoms in total. The highest BCUT2D eigenvalue weighted by atomic mass is 16.6. The number of aliphatic hydroxyl groups excluding tert-OH is 1. The van der Waals surface area contributed by atoms with Crippen LogP contribution in [0, 0.1) is 10.1 Å². The van der Waals surface area contributed by atoms with E-state index in [1.165, 1.54) is 13.2 Å². The summed E-state index contributed by atoms with van der Waals surface area (Å²) in [7, 11) is 1.39. The van der Waals surface area contributed by atoms with E-state index < -0.39 is 4.92 Å². The number of aromatic nitrogens is 3. The molecule has 0 radical (unpaired) electrons. The first-order chi connectivity index (χ1) is 9.63. The highest BCUT2D eigenvalue weighted by molar-refractivity contribution is 5.48. The van der Waals surface area contributed by atoms with Crippen molar-refractivity contribution in [1.29, 1.82) is 0 Å². The van der Waals surface area contributed by atoms with E-state index in [9.17, 15) is 10.1 Å². The molecule has 8 heteroatoms. The fraction of sp³-hybridized carbons (Fsp3) is 0.333. The summed E-state index contributed by atoms with van der Waals surface area (Å²) in [6.45, 7) is 0.371. The topological polar surface area (TPSA) is 103 Å². The molecule has 1 heterocycles. The molecule has 2 rings (SSSR count). The number of aliphatic hydroxyl groups is 1. The van der Waals surface area contributed by atoms with Crippen LogP contribution in [0.3, 0.4) is 0 Å². The summed E-state index contributed by atoms with van der Waals surface area (Å²) >= 11 is 0. The minimum Gasteiger partial charge on any atom is -0.490 e. The van der Waals surface area contributed by atoms with E-state index in [4.69, 9.17) is 9.84 Å². The first kappa shape index (κ1) is 13.9. The summed E-state index contributed by atoms with van der Waals surface area (Å²) in [5, 5.41) is 27.5. The molecule has 1 N–H and O–H groups in total. The van der Waals surface area contributed by atoms with Gasteiger partial charge in [-0.25, -0.2) is 4.68 Å². The number of benzene rings is 1. The first-order valence-corrected chi connectivity index (χ1v) is 5.95. The van der Waals surface area contributed by atoms with Crippen molar-refractivity contribution >= 4 is 5.69 Å². The van der Waals surface area contributed by atoms with Gasteiger partial charge in [0.25, 0.3) is 0 Å². The highest BCUT2D eigenvalue weighted by Crippen LogP contribution is 2.27. The molecule has 0 amide bonds. The largest absolute Gasteiger partial charge is 0.490 e. The second-order valence-electron chi connectivity index (χ2n) is 4.14. The van der Waals surface area contributed by atoms with E-state index >= 15 is 0 Å². The molecule has 0 saturated heterocycles. The molecule has 0 saturated carbocycles. The Balaban J connectivity index is 2.20. The van der Waals surface area contributed by atoms with Gasteiger partial charge in [-0.05, 0) is 11.6 Å². The molecule has 1 aromatic heterocycles. The fourth-order valence-corrected chi connectivity index (χ4v) is 1.81. The SMILES string of the molecule is COc1ccc(Cn2cc(CCO)nn2)cc1[N+](=O)[O-]. The molecule has 20 heavy (non-hydrogen) atoms. The molecule has 0 fully saturated rings. The summed E-state index contributed by atoms with van der Waals surface area (Å²) in [4.78, 5) is 10.5. The Morgan fingerprint density at radius 2 is 2.30 bits per heavy atom. The smallest absolute Gasteiger partial charge is 0.311 e. The van der Waals surface area contributed by atoms with Crippen LogP contribution in [-0.2, 0) is 13.0 Å². The van der Waals surface area contributed by atoms with Gasteiger partial charge in [0, 0.05) is 25.3 Å². The van der Waals surface area contributed by atoms with Crippen molar-refractivity contribution in [3.05, 3.63) is 45.8 Å². The molecule has 0 spiro atoms. The second-order valence-corrected chi connectivity index (χ2v) is 4.14. The summed E-state index contributed by atoms with van der Waals surface area (Å²) in [5.74, 6) is 0.221. The molecule has 0 aliphatic rings. The Labute approximate surface area is 114 Å². The van der Waals surface area contributed by atoms with E-state index in [2.05, 4.69) is 10.3 Å². The molecule has 0 atom stereocenters. The van der Waals surface area contributed by atoms with E-state index in [1.807, 2.05) is 0 Å². The van der Waals surface area contributed by atoms with Crippen molar-refractivity contribution in [3.8, 4) is 5.75 Å². The predicted octanol–water partition coefficient (Wildman–Crippen LogP) is 0.778. The molecule has 106 valence electrons. The van der Waals surface area contributed by atoms with Crippen LogP contribution in [0.4, 0.5) is 5.69 Å². The summed E-state index contributed by atoms with van der Waals surface area (Å²) in [5.41, 5.74) is 1.31. The molecular formula is C12H14N4O4. The lowest BCUT2D eigenvalue weighted by atomic mass is 10.2. The second kappa shape index (κ2) is 6.11. The van der Waals surface area contributed by atoms with Crippen LogP contribution in [0.1, 0.15) is 11.3 Å². The molecule has 0 bridgehead atoms. The molecule has 1 aromatic carbocycles. The van der Waals surface area contributed by atoms with Crippen LogP contribution in [0.15, 0.2) is 24.4 Å². The molecule has 0 aliphatic heterocycles. The van der Waals surface area contributed by atoms with Gasteiger partial charge >= 0.3 is 5.69 Å². The van der Waals surface area contributed by atoms with Crippen LogP contribution >= 0.6 is 0 Å². The lowest BCUT2D eigenvalue weighted by molar-refractivity contribution is -0.385. The zero-order valence-corrected chi connectivity index (χ0v) is 10.9. The van der Waals surface area contributed by atoms with E-state index in [0.717, 1.165) is 5.56 Å². The number of hydrogen-bond acceptors (Lipinski definition) is 6. The zero-order chi connectivity index (χ0) is 14.5. The van der Waals surface area contributed by atoms with Crippen LogP contribution < -0.4 is 4.74 Å². The number of nitro groups is 1. The predicted molar refractivity (Wildman–Crippen MR) is 69.6 cm³/mol.